The third kappa shape index (κ3) is 2.41. The molecule has 0 bridgehead atoms. The van der Waals surface area contributed by atoms with Gasteiger partial charge in [0, 0.05) is 19.2 Å². The van der Waals surface area contributed by atoms with Crippen molar-refractivity contribution in [2.24, 2.45) is 11.7 Å². The molecule has 0 aromatic heterocycles. The van der Waals surface area contributed by atoms with E-state index >= 15 is 0 Å². The predicted octanol–water partition coefficient (Wildman–Crippen LogP) is 0.822. The fourth-order valence-electron chi connectivity index (χ4n) is 2.20. The fraction of sp³-hybridized carbons (Fsp3) is 0.462. The van der Waals surface area contributed by atoms with Gasteiger partial charge in [0.1, 0.15) is 11.5 Å². The minimum absolute atomic E-state index is 0.0458. The van der Waals surface area contributed by atoms with Crippen LogP contribution < -0.4 is 10.5 Å². The highest BCUT2D eigenvalue weighted by atomic mass is 16.5. The highest BCUT2D eigenvalue weighted by Gasteiger charge is 2.27. The number of nitrogens with two attached hydrogens (primary N) is 1. The second-order valence-corrected chi connectivity index (χ2v) is 4.52. The maximum Gasteiger partial charge on any atom is 0.257 e. The molecule has 18 heavy (non-hydrogen) atoms. The Kier molecular flexibility index (Phi) is 3.72. The number of carbonyl (C=O) groups is 1. The molecule has 1 aromatic carbocycles. The molecule has 1 amide bonds. The Hall–Kier alpha value is -1.75. The van der Waals surface area contributed by atoms with E-state index in [1.165, 1.54) is 13.2 Å². The summed E-state index contributed by atoms with van der Waals surface area (Å²) in [4.78, 5) is 13.9. The second-order valence-electron chi connectivity index (χ2n) is 4.52. The molecule has 1 aliphatic heterocycles. The van der Waals surface area contributed by atoms with Crippen LogP contribution in [-0.4, -0.2) is 42.7 Å². The average molecular weight is 250 g/mol. The van der Waals surface area contributed by atoms with Crippen molar-refractivity contribution >= 4 is 5.91 Å². The highest BCUT2D eigenvalue weighted by Crippen LogP contribution is 2.26. The number of likely N-dealkylation sites (tertiary alicyclic amines) is 1. The van der Waals surface area contributed by atoms with Crippen molar-refractivity contribution in [3.8, 4) is 11.5 Å². The van der Waals surface area contributed by atoms with Gasteiger partial charge in [-0.05, 0) is 31.0 Å². The molecule has 1 saturated heterocycles. The molecular weight excluding hydrogens is 232 g/mol. The first-order valence-electron chi connectivity index (χ1n) is 6.02. The number of hydrogen-bond donors (Lipinski definition) is 2. The van der Waals surface area contributed by atoms with Crippen molar-refractivity contribution < 1.29 is 14.6 Å². The Bertz CT molecular complexity index is 448. The van der Waals surface area contributed by atoms with Crippen LogP contribution in [0.15, 0.2) is 18.2 Å². The summed E-state index contributed by atoms with van der Waals surface area (Å²) in [5.41, 5.74) is 5.91. The molecule has 3 N–H and O–H groups in total. The summed E-state index contributed by atoms with van der Waals surface area (Å²) in [5.74, 6) is 0.710. The minimum Gasteiger partial charge on any atom is -0.507 e. The number of rotatable bonds is 3. The number of methoxy groups -OCH3 is 1. The van der Waals surface area contributed by atoms with E-state index in [-0.39, 0.29) is 11.7 Å². The Morgan fingerprint density at radius 2 is 2.39 bits per heavy atom. The molecule has 1 heterocycles. The zero-order valence-corrected chi connectivity index (χ0v) is 10.4. The molecule has 0 radical (unpaired) electrons. The molecule has 0 aliphatic carbocycles. The van der Waals surface area contributed by atoms with E-state index in [0.29, 0.717) is 36.9 Å². The van der Waals surface area contributed by atoms with Crippen LogP contribution in [0.1, 0.15) is 16.8 Å². The lowest BCUT2D eigenvalue weighted by Crippen LogP contribution is -2.29. The number of nitrogens with zero attached hydrogens (tertiary/aromatic N) is 1. The Morgan fingerprint density at radius 3 is 2.94 bits per heavy atom. The first kappa shape index (κ1) is 12.7. The number of phenols is 1. The first-order valence-corrected chi connectivity index (χ1v) is 6.02. The van der Waals surface area contributed by atoms with E-state index in [0.717, 1.165) is 6.42 Å². The first-order chi connectivity index (χ1) is 8.65. The standard InChI is InChI=1S/C13H18N2O3/c1-18-10-2-3-11(12(16)6-10)13(17)15-5-4-9(7-14)8-15/h2-3,6,9,16H,4-5,7-8,14H2,1H3. The van der Waals surface area contributed by atoms with Gasteiger partial charge >= 0.3 is 0 Å². The normalized spacial score (nSPS) is 19.0. The molecule has 1 unspecified atom stereocenters. The molecule has 1 aliphatic rings. The summed E-state index contributed by atoms with van der Waals surface area (Å²) in [6, 6.07) is 4.71. The van der Waals surface area contributed by atoms with E-state index in [1.807, 2.05) is 0 Å². The lowest BCUT2D eigenvalue weighted by molar-refractivity contribution is 0.0784. The lowest BCUT2D eigenvalue weighted by Gasteiger charge is -2.17. The van der Waals surface area contributed by atoms with Crippen molar-refractivity contribution in [3.63, 3.8) is 0 Å². The third-order valence-corrected chi connectivity index (χ3v) is 3.34. The van der Waals surface area contributed by atoms with E-state index in [2.05, 4.69) is 0 Å². The van der Waals surface area contributed by atoms with Crippen molar-refractivity contribution in [2.75, 3.05) is 26.7 Å². The molecule has 0 spiro atoms. The molecule has 1 fully saturated rings. The van der Waals surface area contributed by atoms with E-state index < -0.39 is 0 Å². The third-order valence-electron chi connectivity index (χ3n) is 3.34. The number of aromatic hydroxyl groups is 1. The maximum absolute atomic E-state index is 12.2. The minimum atomic E-state index is -0.147. The zero-order chi connectivity index (χ0) is 13.1. The average Bonchev–Trinajstić information content (AvgIpc) is 2.86. The van der Waals surface area contributed by atoms with Gasteiger partial charge in [-0.1, -0.05) is 0 Å². The summed E-state index contributed by atoms with van der Waals surface area (Å²) in [7, 11) is 1.52. The summed E-state index contributed by atoms with van der Waals surface area (Å²) in [6.45, 7) is 1.96. The molecule has 0 saturated carbocycles. The van der Waals surface area contributed by atoms with Gasteiger partial charge in [-0.3, -0.25) is 4.79 Å². The van der Waals surface area contributed by atoms with Crippen LogP contribution in [0.5, 0.6) is 11.5 Å². The van der Waals surface area contributed by atoms with Gasteiger partial charge in [-0.2, -0.15) is 0 Å². The van der Waals surface area contributed by atoms with Crippen LogP contribution in [0, 0.1) is 5.92 Å². The molecule has 5 heteroatoms. The summed E-state index contributed by atoms with van der Waals surface area (Å²) in [5, 5.41) is 9.82. The number of amides is 1. The van der Waals surface area contributed by atoms with Crippen LogP contribution in [-0.2, 0) is 0 Å². The molecule has 98 valence electrons. The lowest BCUT2D eigenvalue weighted by atomic mass is 10.1. The Labute approximate surface area is 106 Å². The summed E-state index contributed by atoms with van der Waals surface area (Å²) in [6.07, 6.45) is 0.930. The quantitative estimate of drug-likeness (QED) is 0.832. The molecule has 1 aromatic rings. The maximum atomic E-state index is 12.2. The molecule has 5 nitrogen and oxygen atoms in total. The van der Waals surface area contributed by atoms with Crippen LogP contribution in [0.3, 0.4) is 0 Å². The Morgan fingerprint density at radius 1 is 1.61 bits per heavy atom. The van der Waals surface area contributed by atoms with Crippen molar-refractivity contribution in [1.29, 1.82) is 0 Å². The van der Waals surface area contributed by atoms with Crippen molar-refractivity contribution in [1.82, 2.24) is 4.90 Å². The predicted molar refractivity (Wildman–Crippen MR) is 67.7 cm³/mol. The smallest absolute Gasteiger partial charge is 0.257 e. The van der Waals surface area contributed by atoms with E-state index in [1.54, 1.807) is 17.0 Å². The highest BCUT2D eigenvalue weighted by molar-refractivity contribution is 5.97. The SMILES string of the molecule is COc1ccc(C(=O)N2CCC(CN)C2)c(O)c1. The van der Waals surface area contributed by atoms with Crippen LogP contribution in [0.25, 0.3) is 0 Å². The number of benzene rings is 1. The van der Waals surface area contributed by atoms with E-state index in [4.69, 9.17) is 10.5 Å². The van der Waals surface area contributed by atoms with Gasteiger partial charge in [0.2, 0.25) is 0 Å². The number of phenolic OH excluding ortho intramolecular Hbond substituents is 1. The van der Waals surface area contributed by atoms with Gasteiger partial charge in [0.05, 0.1) is 12.7 Å². The summed E-state index contributed by atoms with van der Waals surface area (Å²) >= 11 is 0. The monoisotopic (exact) mass is 250 g/mol. The van der Waals surface area contributed by atoms with Crippen LogP contribution in [0.2, 0.25) is 0 Å². The van der Waals surface area contributed by atoms with Gasteiger partial charge < -0.3 is 20.5 Å². The number of ether oxygens (including phenoxy) is 1. The topological polar surface area (TPSA) is 75.8 Å². The van der Waals surface area contributed by atoms with Gasteiger partial charge in [-0.15, -0.1) is 0 Å². The van der Waals surface area contributed by atoms with Gasteiger partial charge in [-0.25, -0.2) is 0 Å². The zero-order valence-electron chi connectivity index (χ0n) is 10.4. The van der Waals surface area contributed by atoms with Crippen LogP contribution in [0.4, 0.5) is 0 Å². The van der Waals surface area contributed by atoms with E-state index in [9.17, 15) is 9.90 Å². The largest absolute Gasteiger partial charge is 0.507 e. The van der Waals surface area contributed by atoms with Crippen molar-refractivity contribution in [3.05, 3.63) is 23.8 Å². The molecule has 2 rings (SSSR count). The number of carbonyl (C=O) groups excluding carboxylic acids is 1. The second kappa shape index (κ2) is 5.27. The number of hydrogen-bond acceptors (Lipinski definition) is 4. The molecular formula is C13H18N2O3. The fourth-order valence-corrected chi connectivity index (χ4v) is 2.20. The van der Waals surface area contributed by atoms with Crippen molar-refractivity contribution in [2.45, 2.75) is 6.42 Å². The van der Waals surface area contributed by atoms with Gasteiger partial charge in [0.25, 0.3) is 5.91 Å². The van der Waals surface area contributed by atoms with Crippen LogP contribution >= 0.6 is 0 Å². The molecule has 1 atom stereocenters. The van der Waals surface area contributed by atoms with Gasteiger partial charge in [0.15, 0.2) is 0 Å². The Balaban J connectivity index is 2.14. The summed E-state index contributed by atoms with van der Waals surface area (Å²) < 4.78 is 4.99.